The van der Waals surface area contributed by atoms with Crippen molar-refractivity contribution in [1.29, 1.82) is 0 Å². The van der Waals surface area contributed by atoms with Crippen LogP contribution >= 0.6 is 0 Å². The maximum absolute atomic E-state index is 13.1. The zero-order chi connectivity index (χ0) is 16.3. The summed E-state index contributed by atoms with van der Waals surface area (Å²) < 4.78 is 64.0. The summed E-state index contributed by atoms with van der Waals surface area (Å²) in [6.45, 7) is 2.68. The fraction of sp³-hybridized carbons (Fsp3) is 0.571. The van der Waals surface area contributed by atoms with E-state index >= 15 is 0 Å². The van der Waals surface area contributed by atoms with E-state index < -0.39 is 27.5 Å². The summed E-state index contributed by atoms with van der Waals surface area (Å²) in [6, 6.07) is 1.99. The molecule has 1 aliphatic heterocycles. The first-order valence-electron chi connectivity index (χ1n) is 7.18. The summed E-state index contributed by atoms with van der Waals surface area (Å²) in [6.07, 6.45) is 1.26. The highest BCUT2D eigenvalue weighted by atomic mass is 32.2. The molecule has 1 N–H and O–H groups in total. The molecule has 0 unspecified atom stereocenters. The molecule has 0 radical (unpaired) electrons. The number of hydrogen-bond acceptors (Lipinski definition) is 3. The van der Waals surface area contributed by atoms with Crippen molar-refractivity contribution < 1.29 is 21.6 Å². The van der Waals surface area contributed by atoms with Crippen molar-refractivity contribution >= 4 is 10.0 Å². The van der Waals surface area contributed by atoms with Gasteiger partial charge in [0, 0.05) is 25.7 Å². The van der Waals surface area contributed by atoms with Gasteiger partial charge >= 0.3 is 0 Å². The summed E-state index contributed by atoms with van der Waals surface area (Å²) in [5.74, 6) is -3.80. The fourth-order valence-electron chi connectivity index (χ4n) is 2.49. The Bertz CT molecular complexity index is 606. The number of rotatable bonds is 5. The number of nitrogens with zero attached hydrogens (tertiary/aromatic N) is 1. The van der Waals surface area contributed by atoms with Crippen molar-refractivity contribution in [3.8, 4) is 0 Å². The van der Waals surface area contributed by atoms with E-state index in [0.29, 0.717) is 31.5 Å². The Labute approximate surface area is 128 Å². The molecule has 124 valence electrons. The van der Waals surface area contributed by atoms with Gasteiger partial charge in [0.1, 0.15) is 0 Å². The Morgan fingerprint density at radius 2 is 1.73 bits per heavy atom. The van der Waals surface area contributed by atoms with E-state index in [2.05, 4.69) is 5.32 Å². The second kappa shape index (κ2) is 6.97. The van der Waals surface area contributed by atoms with Gasteiger partial charge in [-0.3, -0.25) is 0 Å². The smallest absolute Gasteiger partial charge is 0.213 e. The van der Waals surface area contributed by atoms with Crippen molar-refractivity contribution in [3.63, 3.8) is 0 Å². The second-order valence-corrected chi connectivity index (χ2v) is 7.59. The van der Waals surface area contributed by atoms with E-state index in [1.165, 1.54) is 4.31 Å². The molecular weight excluding hydrogens is 317 g/mol. The lowest BCUT2D eigenvalue weighted by Crippen LogP contribution is -2.45. The maximum Gasteiger partial charge on any atom is 0.213 e. The van der Waals surface area contributed by atoms with Crippen LogP contribution in [-0.4, -0.2) is 37.6 Å². The van der Waals surface area contributed by atoms with Crippen LogP contribution < -0.4 is 5.32 Å². The van der Waals surface area contributed by atoms with Crippen LogP contribution in [0.5, 0.6) is 0 Å². The Balaban J connectivity index is 1.87. The zero-order valence-electron chi connectivity index (χ0n) is 12.3. The largest absolute Gasteiger partial charge is 0.310 e. The molecule has 1 fully saturated rings. The Hall–Kier alpha value is -1.12. The topological polar surface area (TPSA) is 49.4 Å². The zero-order valence-corrected chi connectivity index (χ0v) is 13.1. The van der Waals surface area contributed by atoms with Gasteiger partial charge in [-0.15, -0.1) is 0 Å². The summed E-state index contributed by atoms with van der Waals surface area (Å²) in [5, 5.41) is 3.12. The lowest BCUT2D eigenvalue weighted by Gasteiger charge is -2.31. The molecule has 1 saturated heterocycles. The van der Waals surface area contributed by atoms with Gasteiger partial charge in [-0.05, 0) is 37.5 Å². The van der Waals surface area contributed by atoms with Gasteiger partial charge in [0.05, 0.1) is 5.75 Å². The molecule has 0 saturated carbocycles. The number of hydrogen-bond donors (Lipinski definition) is 1. The number of benzene rings is 1. The lowest BCUT2D eigenvalue weighted by atomic mass is 10.1. The fourth-order valence-corrected chi connectivity index (χ4v) is 3.63. The molecule has 0 amide bonds. The molecule has 0 aromatic heterocycles. The predicted molar refractivity (Wildman–Crippen MR) is 77.2 cm³/mol. The van der Waals surface area contributed by atoms with Gasteiger partial charge in [-0.1, -0.05) is 0 Å². The van der Waals surface area contributed by atoms with E-state index in [4.69, 9.17) is 0 Å². The molecule has 22 heavy (non-hydrogen) atoms. The highest BCUT2D eigenvalue weighted by Crippen LogP contribution is 2.17. The Kier molecular flexibility index (Phi) is 5.46. The minimum absolute atomic E-state index is 0.0690. The van der Waals surface area contributed by atoms with E-state index in [9.17, 15) is 21.6 Å². The molecule has 1 aromatic carbocycles. The summed E-state index contributed by atoms with van der Waals surface area (Å²) in [5.41, 5.74) is 0.319. The van der Waals surface area contributed by atoms with Crippen LogP contribution in [0.2, 0.25) is 0 Å². The lowest BCUT2D eigenvalue weighted by molar-refractivity contribution is 0.288. The molecule has 4 nitrogen and oxygen atoms in total. The second-order valence-electron chi connectivity index (χ2n) is 5.33. The summed E-state index contributed by atoms with van der Waals surface area (Å²) >= 11 is 0. The first kappa shape index (κ1) is 17.2. The first-order valence-corrected chi connectivity index (χ1v) is 8.79. The molecule has 8 heteroatoms. The molecule has 0 spiro atoms. The van der Waals surface area contributed by atoms with Crippen molar-refractivity contribution in [2.24, 2.45) is 0 Å². The van der Waals surface area contributed by atoms with Gasteiger partial charge in [0.15, 0.2) is 17.5 Å². The number of sulfonamides is 1. The predicted octanol–water partition coefficient (Wildman–Crippen LogP) is 2.01. The maximum atomic E-state index is 13.1. The number of nitrogens with one attached hydrogen (secondary N) is 1. The van der Waals surface area contributed by atoms with Gasteiger partial charge < -0.3 is 5.32 Å². The van der Waals surface area contributed by atoms with Gasteiger partial charge in [0.2, 0.25) is 10.0 Å². The van der Waals surface area contributed by atoms with Gasteiger partial charge in [-0.25, -0.2) is 25.9 Å². The molecule has 1 heterocycles. The molecule has 1 aliphatic rings. The normalized spacial score (nSPS) is 17.8. The minimum atomic E-state index is -3.16. The van der Waals surface area contributed by atoms with Crippen LogP contribution in [0.25, 0.3) is 0 Å². The van der Waals surface area contributed by atoms with E-state index in [1.807, 2.05) is 0 Å². The van der Waals surface area contributed by atoms with E-state index in [1.54, 1.807) is 6.92 Å². The molecule has 1 aromatic rings. The van der Waals surface area contributed by atoms with Gasteiger partial charge in [0.25, 0.3) is 0 Å². The van der Waals surface area contributed by atoms with Crippen LogP contribution in [0.15, 0.2) is 12.1 Å². The first-order chi connectivity index (χ1) is 10.3. The van der Waals surface area contributed by atoms with Crippen molar-refractivity contribution in [2.45, 2.75) is 32.4 Å². The third-order valence-corrected chi connectivity index (χ3v) is 5.73. The third kappa shape index (κ3) is 3.99. The van der Waals surface area contributed by atoms with E-state index in [-0.39, 0.29) is 18.3 Å². The number of halogens is 3. The SMILES string of the molecule is CCS(=O)(=O)N1CCC(NCc2cc(F)c(F)c(F)c2)CC1. The van der Waals surface area contributed by atoms with E-state index in [0.717, 1.165) is 12.1 Å². The van der Waals surface area contributed by atoms with Gasteiger partial charge in [-0.2, -0.15) is 0 Å². The van der Waals surface area contributed by atoms with Crippen LogP contribution in [0, 0.1) is 17.5 Å². The van der Waals surface area contributed by atoms with Crippen molar-refractivity contribution in [1.82, 2.24) is 9.62 Å². The van der Waals surface area contributed by atoms with Crippen molar-refractivity contribution in [2.75, 3.05) is 18.8 Å². The highest BCUT2D eigenvalue weighted by molar-refractivity contribution is 7.89. The summed E-state index contributed by atoms with van der Waals surface area (Å²) in [7, 11) is -3.16. The van der Waals surface area contributed by atoms with Crippen LogP contribution in [0.4, 0.5) is 13.2 Å². The molecule has 2 rings (SSSR count). The quantitative estimate of drug-likeness (QED) is 0.837. The molecule has 0 atom stereocenters. The average Bonchev–Trinajstić information content (AvgIpc) is 2.51. The van der Waals surface area contributed by atoms with Crippen LogP contribution in [-0.2, 0) is 16.6 Å². The Morgan fingerprint density at radius 1 is 1.18 bits per heavy atom. The third-order valence-electron chi connectivity index (χ3n) is 3.85. The standard InChI is InChI=1S/C14H19F3N2O2S/c1-2-22(20,21)19-5-3-11(4-6-19)18-9-10-7-12(15)14(17)13(16)8-10/h7-8,11,18H,2-6,9H2,1H3. The number of piperidine rings is 1. The average molecular weight is 336 g/mol. The van der Waals surface area contributed by atoms with Crippen LogP contribution in [0.1, 0.15) is 25.3 Å². The Morgan fingerprint density at radius 3 is 2.23 bits per heavy atom. The summed E-state index contributed by atoms with van der Waals surface area (Å²) in [4.78, 5) is 0. The molecule has 0 bridgehead atoms. The minimum Gasteiger partial charge on any atom is -0.310 e. The van der Waals surface area contributed by atoms with Crippen LogP contribution in [0.3, 0.4) is 0 Å². The highest BCUT2D eigenvalue weighted by Gasteiger charge is 2.26. The molecule has 0 aliphatic carbocycles. The van der Waals surface area contributed by atoms with Crippen molar-refractivity contribution in [3.05, 3.63) is 35.1 Å². The molecular formula is C14H19F3N2O2S. The monoisotopic (exact) mass is 336 g/mol.